The molecule has 0 radical (unpaired) electrons. The van der Waals surface area contributed by atoms with Crippen LogP contribution in [0, 0.1) is 17.5 Å². The minimum absolute atomic E-state index is 0.213. The van der Waals surface area contributed by atoms with Crippen LogP contribution < -0.4 is 11.2 Å². The summed E-state index contributed by atoms with van der Waals surface area (Å²) in [6, 6.07) is 4.95. The van der Waals surface area contributed by atoms with Crippen LogP contribution in [0.5, 0.6) is 0 Å². The molecule has 26 heavy (non-hydrogen) atoms. The summed E-state index contributed by atoms with van der Waals surface area (Å²) in [4.78, 5) is 12.2. The summed E-state index contributed by atoms with van der Waals surface area (Å²) in [5.74, 6) is 1.41. The average Bonchev–Trinajstić information content (AvgIpc) is 3.26. The van der Waals surface area contributed by atoms with Crippen molar-refractivity contribution >= 4 is 23.4 Å². The van der Waals surface area contributed by atoms with Crippen LogP contribution in [0.4, 0.5) is 18.9 Å². The lowest BCUT2D eigenvalue weighted by atomic mass is 10.2. The van der Waals surface area contributed by atoms with Gasteiger partial charge in [-0.15, -0.1) is 10.2 Å². The smallest absolute Gasteiger partial charge is 0.237 e. The van der Waals surface area contributed by atoms with Crippen LogP contribution in [0.3, 0.4) is 0 Å². The van der Waals surface area contributed by atoms with Crippen molar-refractivity contribution in [2.45, 2.75) is 17.3 Å². The first kappa shape index (κ1) is 17.9. The van der Waals surface area contributed by atoms with Gasteiger partial charge in [-0.25, -0.2) is 17.8 Å². The number of nitrogens with zero attached hydrogens (tertiary/aromatic N) is 3. The summed E-state index contributed by atoms with van der Waals surface area (Å²) in [5, 5.41) is 9.38. The molecule has 7 nitrogen and oxygen atoms in total. The molecule has 11 heteroatoms. The van der Waals surface area contributed by atoms with Crippen molar-refractivity contribution < 1.29 is 22.4 Å². The SMILES string of the molecule is C[C@H](Sc1nnc(-c2ccco2)n1N)C(=O)Nc1ccc(F)c(F)c1F. The Balaban J connectivity index is 1.71. The van der Waals surface area contributed by atoms with Gasteiger partial charge in [-0.3, -0.25) is 4.79 Å². The van der Waals surface area contributed by atoms with Gasteiger partial charge in [0.25, 0.3) is 0 Å². The third-order valence-corrected chi connectivity index (χ3v) is 4.41. The molecule has 3 N–H and O–H groups in total. The average molecular weight is 383 g/mol. The molecule has 3 aromatic rings. The Morgan fingerprint density at radius 3 is 2.73 bits per heavy atom. The normalized spacial score (nSPS) is 12.2. The van der Waals surface area contributed by atoms with Gasteiger partial charge >= 0.3 is 0 Å². The van der Waals surface area contributed by atoms with Gasteiger partial charge in [-0.05, 0) is 31.2 Å². The van der Waals surface area contributed by atoms with E-state index in [4.69, 9.17) is 10.3 Å². The van der Waals surface area contributed by atoms with Crippen molar-refractivity contribution in [2.24, 2.45) is 0 Å². The lowest BCUT2D eigenvalue weighted by Gasteiger charge is -2.12. The lowest BCUT2D eigenvalue weighted by Crippen LogP contribution is -2.24. The molecule has 1 atom stereocenters. The minimum Gasteiger partial charge on any atom is -0.461 e. The molecule has 1 amide bonds. The predicted molar refractivity (Wildman–Crippen MR) is 88.1 cm³/mol. The second kappa shape index (κ2) is 7.12. The molecule has 0 spiro atoms. The van der Waals surface area contributed by atoms with Crippen molar-refractivity contribution in [1.82, 2.24) is 14.9 Å². The summed E-state index contributed by atoms with van der Waals surface area (Å²) < 4.78 is 46.1. The number of amides is 1. The number of furan rings is 1. The first-order chi connectivity index (χ1) is 12.4. The van der Waals surface area contributed by atoms with E-state index in [2.05, 4.69) is 15.5 Å². The number of rotatable bonds is 5. The predicted octanol–water partition coefficient (Wildman–Crippen LogP) is 2.79. The fourth-order valence-electron chi connectivity index (χ4n) is 2.00. The van der Waals surface area contributed by atoms with Gasteiger partial charge in [-0.1, -0.05) is 11.8 Å². The zero-order valence-corrected chi connectivity index (χ0v) is 14.1. The molecular weight excluding hydrogens is 371 g/mol. The number of nitrogens with one attached hydrogen (secondary N) is 1. The van der Waals surface area contributed by atoms with E-state index in [-0.39, 0.29) is 11.0 Å². The monoisotopic (exact) mass is 383 g/mol. The van der Waals surface area contributed by atoms with Crippen LogP contribution in [-0.4, -0.2) is 26.0 Å². The van der Waals surface area contributed by atoms with Crippen LogP contribution in [0.25, 0.3) is 11.6 Å². The summed E-state index contributed by atoms with van der Waals surface area (Å²) in [7, 11) is 0. The number of anilines is 1. The fourth-order valence-corrected chi connectivity index (χ4v) is 2.77. The second-order valence-corrected chi connectivity index (χ2v) is 6.43. The number of benzene rings is 1. The molecule has 0 bridgehead atoms. The number of hydrogen-bond acceptors (Lipinski definition) is 6. The van der Waals surface area contributed by atoms with Gasteiger partial charge in [-0.2, -0.15) is 0 Å². The lowest BCUT2D eigenvalue weighted by molar-refractivity contribution is -0.115. The van der Waals surface area contributed by atoms with Crippen LogP contribution in [0.1, 0.15) is 6.92 Å². The molecule has 2 aromatic heterocycles. The second-order valence-electron chi connectivity index (χ2n) is 5.13. The van der Waals surface area contributed by atoms with Crippen LogP contribution >= 0.6 is 11.8 Å². The maximum Gasteiger partial charge on any atom is 0.237 e. The Labute approximate surface area is 149 Å². The third kappa shape index (κ3) is 3.38. The van der Waals surface area contributed by atoms with Gasteiger partial charge < -0.3 is 15.6 Å². The number of aromatic nitrogens is 3. The summed E-state index contributed by atoms with van der Waals surface area (Å²) >= 11 is 0.949. The van der Waals surface area contributed by atoms with E-state index in [9.17, 15) is 18.0 Å². The van der Waals surface area contributed by atoms with Gasteiger partial charge in [0, 0.05) is 0 Å². The number of hydrogen-bond donors (Lipinski definition) is 2. The summed E-state index contributed by atoms with van der Waals surface area (Å²) in [6.07, 6.45) is 1.45. The molecule has 0 aliphatic rings. The maximum absolute atomic E-state index is 13.6. The van der Waals surface area contributed by atoms with Crippen molar-refractivity contribution in [1.29, 1.82) is 0 Å². The first-order valence-corrected chi connectivity index (χ1v) is 8.12. The van der Waals surface area contributed by atoms with Crippen molar-refractivity contribution in [3.05, 3.63) is 48.0 Å². The number of thioether (sulfide) groups is 1. The molecule has 0 aliphatic carbocycles. The summed E-state index contributed by atoms with van der Waals surface area (Å²) in [5.41, 5.74) is -0.466. The van der Waals surface area contributed by atoms with E-state index in [0.717, 1.165) is 28.6 Å². The molecule has 0 fully saturated rings. The standard InChI is InChI=1S/C15H12F3N5O2S/c1-7(14(24)20-9-5-4-8(16)11(17)12(9)18)26-15-22-21-13(23(15)19)10-3-2-6-25-10/h2-7H,19H2,1H3,(H,20,24)/t7-/m0/s1. The number of nitrogen functional groups attached to an aromatic ring is 1. The number of carbonyl (C=O) groups excluding carboxylic acids is 1. The minimum atomic E-state index is -1.66. The van der Waals surface area contributed by atoms with Crippen molar-refractivity contribution in [2.75, 3.05) is 11.2 Å². The molecule has 0 unspecified atom stereocenters. The van der Waals surface area contributed by atoms with E-state index in [1.807, 2.05) is 0 Å². The highest BCUT2D eigenvalue weighted by Crippen LogP contribution is 2.26. The molecule has 0 saturated heterocycles. The molecule has 2 heterocycles. The van der Waals surface area contributed by atoms with Gasteiger partial charge in [0.1, 0.15) is 0 Å². The topological polar surface area (TPSA) is 99.0 Å². The van der Waals surface area contributed by atoms with Gasteiger partial charge in [0.15, 0.2) is 23.2 Å². The van der Waals surface area contributed by atoms with Crippen LogP contribution in [-0.2, 0) is 4.79 Å². The van der Waals surface area contributed by atoms with Crippen molar-refractivity contribution in [3.8, 4) is 11.6 Å². The van der Waals surface area contributed by atoms with Crippen LogP contribution in [0.2, 0.25) is 0 Å². The van der Waals surface area contributed by atoms with E-state index < -0.39 is 34.3 Å². The maximum atomic E-state index is 13.6. The quantitative estimate of drug-likeness (QED) is 0.399. The number of halogens is 3. The molecular formula is C15H12F3N5O2S. The largest absolute Gasteiger partial charge is 0.461 e. The van der Waals surface area contributed by atoms with E-state index in [1.165, 1.54) is 13.2 Å². The number of nitrogens with two attached hydrogens (primary N) is 1. The Kier molecular flexibility index (Phi) is 4.89. The van der Waals surface area contributed by atoms with Gasteiger partial charge in [0.05, 0.1) is 17.2 Å². The van der Waals surface area contributed by atoms with E-state index in [1.54, 1.807) is 12.1 Å². The molecule has 0 aliphatic heterocycles. The van der Waals surface area contributed by atoms with Crippen molar-refractivity contribution in [3.63, 3.8) is 0 Å². The highest BCUT2D eigenvalue weighted by atomic mass is 32.2. The zero-order chi connectivity index (χ0) is 18.8. The van der Waals surface area contributed by atoms with Gasteiger partial charge in [0.2, 0.25) is 16.9 Å². The zero-order valence-electron chi connectivity index (χ0n) is 13.2. The highest BCUT2D eigenvalue weighted by Gasteiger charge is 2.22. The van der Waals surface area contributed by atoms with E-state index >= 15 is 0 Å². The molecule has 0 saturated carbocycles. The Morgan fingerprint density at radius 2 is 2.04 bits per heavy atom. The molecule has 1 aromatic carbocycles. The van der Waals surface area contributed by atoms with Crippen LogP contribution in [0.15, 0.2) is 40.1 Å². The highest BCUT2D eigenvalue weighted by molar-refractivity contribution is 8.00. The first-order valence-electron chi connectivity index (χ1n) is 7.24. The summed E-state index contributed by atoms with van der Waals surface area (Å²) in [6.45, 7) is 1.51. The fraction of sp³-hybridized carbons (Fsp3) is 0.133. The number of carbonyl (C=O) groups is 1. The molecule has 3 rings (SSSR count). The van der Waals surface area contributed by atoms with E-state index in [0.29, 0.717) is 5.76 Å². The molecule has 136 valence electrons. The Morgan fingerprint density at radius 1 is 1.27 bits per heavy atom. The third-order valence-electron chi connectivity index (χ3n) is 3.35. The Hall–Kier alpha value is -2.95. The Bertz CT molecular complexity index is 945.